The Labute approximate surface area is 160 Å². The van der Waals surface area contributed by atoms with Crippen LogP contribution in [0.5, 0.6) is 11.5 Å². The smallest absolute Gasteiger partial charge is 0.265 e. The molecule has 2 amide bonds. The van der Waals surface area contributed by atoms with Crippen LogP contribution in [-0.4, -0.2) is 26.0 Å². The summed E-state index contributed by atoms with van der Waals surface area (Å²) in [5.41, 5.74) is 1.53. The molecule has 0 bridgehead atoms. The second kappa shape index (κ2) is 8.37. The van der Waals surface area contributed by atoms with E-state index in [-0.39, 0.29) is 11.8 Å². The van der Waals surface area contributed by atoms with Crippen molar-refractivity contribution in [1.29, 1.82) is 0 Å². The molecule has 6 nitrogen and oxygen atoms in total. The van der Waals surface area contributed by atoms with Crippen molar-refractivity contribution in [2.75, 3.05) is 24.9 Å². The van der Waals surface area contributed by atoms with E-state index in [1.807, 2.05) is 11.4 Å². The highest BCUT2D eigenvalue weighted by atomic mass is 32.1. The SMILES string of the molecule is COc1ccc(C(=O)Nc2cccc(NC(=O)c3cccs3)c2)c(OC)c1. The molecular formula is C20H18N2O4S. The predicted octanol–water partition coefficient (Wildman–Crippen LogP) is 4.27. The predicted molar refractivity (Wildman–Crippen MR) is 106 cm³/mol. The summed E-state index contributed by atoms with van der Waals surface area (Å²) in [6.07, 6.45) is 0. The average molecular weight is 382 g/mol. The summed E-state index contributed by atoms with van der Waals surface area (Å²) in [5, 5.41) is 7.47. The number of anilines is 2. The topological polar surface area (TPSA) is 76.7 Å². The monoisotopic (exact) mass is 382 g/mol. The molecule has 3 aromatic rings. The van der Waals surface area contributed by atoms with Crippen molar-refractivity contribution in [3.8, 4) is 11.5 Å². The van der Waals surface area contributed by atoms with E-state index in [0.29, 0.717) is 33.3 Å². The van der Waals surface area contributed by atoms with Crippen molar-refractivity contribution in [2.24, 2.45) is 0 Å². The second-order valence-electron chi connectivity index (χ2n) is 5.53. The van der Waals surface area contributed by atoms with Crippen LogP contribution < -0.4 is 20.1 Å². The number of hydrogen-bond donors (Lipinski definition) is 2. The lowest BCUT2D eigenvalue weighted by molar-refractivity contribution is 0.101. The minimum atomic E-state index is -0.323. The molecule has 0 fully saturated rings. The Kier molecular flexibility index (Phi) is 5.73. The molecule has 0 spiro atoms. The van der Waals surface area contributed by atoms with Gasteiger partial charge in [0.05, 0.1) is 24.7 Å². The molecule has 2 aromatic carbocycles. The number of thiophene rings is 1. The summed E-state index contributed by atoms with van der Waals surface area (Å²) >= 11 is 1.36. The molecule has 0 radical (unpaired) electrons. The van der Waals surface area contributed by atoms with Gasteiger partial charge in [0.15, 0.2) is 0 Å². The molecule has 1 heterocycles. The standard InChI is InChI=1S/C20H18N2O4S/c1-25-15-8-9-16(17(12-15)26-2)19(23)21-13-5-3-6-14(11-13)22-20(24)18-7-4-10-27-18/h3-12H,1-2H3,(H,21,23)(H,22,24). The molecule has 0 aliphatic heterocycles. The van der Waals surface area contributed by atoms with Gasteiger partial charge in [-0.05, 0) is 41.8 Å². The van der Waals surface area contributed by atoms with Crippen molar-refractivity contribution in [3.63, 3.8) is 0 Å². The molecule has 2 N–H and O–H groups in total. The molecule has 0 atom stereocenters. The van der Waals surface area contributed by atoms with E-state index in [1.54, 1.807) is 55.6 Å². The third kappa shape index (κ3) is 4.45. The largest absolute Gasteiger partial charge is 0.497 e. The van der Waals surface area contributed by atoms with Gasteiger partial charge in [-0.1, -0.05) is 12.1 Å². The van der Waals surface area contributed by atoms with Crippen molar-refractivity contribution >= 4 is 34.5 Å². The summed E-state index contributed by atoms with van der Waals surface area (Å²) < 4.78 is 10.4. The number of nitrogens with one attached hydrogen (secondary N) is 2. The fourth-order valence-electron chi connectivity index (χ4n) is 2.46. The Morgan fingerprint density at radius 1 is 0.852 bits per heavy atom. The zero-order chi connectivity index (χ0) is 19.2. The van der Waals surface area contributed by atoms with Gasteiger partial charge in [0.25, 0.3) is 11.8 Å². The maximum atomic E-state index is 12.6. The Balaban J connectivity index is 1.74. The van der Waals surface area contributed by atoms with Gasteiger partial charge in [0.2, 0.25) is 0 Å². The molecule has 27 heavy (non-hydrogen) atoms. The zero-order valence-corrected chi connectivity index (χ0v) is 15.6. The van der Waals surface area contributed by atoms with E-state index in [2.05, 4.69) is 10.6 Å². The van der Waals surface area contributed by atoms with Gasteiger partial charge in [-0.2, -0.15) is 0 Å². The van der Waals surface area contributed by atoms with Gasteiger partial charge in [0, 0.05) is 17.4 Å². The molecule has 0 unspecified atom stereocenters. The van der Waals surface area contributed by atoms with Crippen LogP contribution in [0.25, 0.3) is 0 Å². The number of carbonyl (C=O) groups excluding carboxylic acids is 2. The van der Waals surface area contributed by atoms with Crippen LogP contribution in [0.2, 0.25) is 0 Å². The quantitative estimate of drug-likeness (QED) is 0.667. The lowest BCUT2D eigenvalue weighted by atomic mass is 10.1. The van der Waals surface area contributed by atoms with Crippen molar-refractivity contribution in [1.82, 2.24) is 0 Å². The number of methoxy groups -OCH3 is 2. The molecule has 0 saturated heterocycles. The lowest BCUT2D eigenvalue weighted by Crippen LogP contribution is -2.14. The van der Waals surface area contributed by atoms with E-state index in [1.165, 1.54) is 18.4 Å². The highest BCUT2D eigenvalue weighted by Crippen LogP contribution is 2.26. The van der Waals surface area contributed by atoms with Crippen LogP contribution in [0.4, 0.5) is 11.4 Å². The van der Waals surface area contributed by atoms with Crippen molar-refractivity contribution < 1.29 is 19.1 Å². The molecule has 1 aromatic heterocycles. The number of carbonyl (C=O) groups is 2. The van der Waals surface area contributed by atoms with E-state index < -0.39 is 0 Å². The molecular weight excluding hydrogens is 364 g/mol. The summed E-state index contributed by atoms with van der Waals surface area (Å²) in [4.78, 5) is 25.4. The van der Waals surface area contributed by atoms with E-state index >= 15 is 0 Å². The van der Waals surface area contributed by atoms with Gasteiger partial charge in [-0.15, -0.1) is 11.3 Å². The normalized spacial score (nSPS) is 10.1. The number of hydrogen-bond acceptors (Lipinski definition) is 5. The first-order valence-corrected chi connectivity index (χ1v) is 8.97. The van der Waals surface area contributed by atoms with Gasteiger partial charge < -0.3 is 20.1 Å². The van der Waals surface area contributed by atoms with Gasteiger partial charge in [-0.25, -0.2) is 0 Å². The highest BCUT2D eigenvalue weighted by molar-refractivity contribution is 7.12. The average Bonchev–Trinajstić information content (AvgIpc) is 3.22. The second-order valence-corrected chi connectivity index (χ2v) is 6.48. The van der Waals surface area contributed by atoms with E-state index in [0.717, 1.165) is 0 Å². The zero-order valence-electron chi connectivity index (χ0n) is 14.8. The Morgan fingerprint density at radius 3 is 2.22 bits per heavy atom. The first kappa shape index (κ1) is 18.5. The van der Waals surface area contributed by atoms with Crippen LogP contribution >= 0.6 is 11.3 Å². The summed E-state index contributed by atoms with van der Waals surface area (Å²) in [6.45, 7) is 0. The fourth-order valence-corrected chi connectivity index (χ4v) is 3.08. The van der Waals surface area contributed by atoms with Crippen LogP contribution in [0.3, 0.4) is 0 Å². The first-order chi connectivity index (χ1) is 13.1. The molecule has 0 aliphatic carbocycles. The molecule has 0 saturated carbocycles. The maximum Gasteiger partial charge on any atom is 0.265 e. The fraction of sp³-hybridized carbons (Fsp3) is 0.100. The van der Waals surface area contributed by atoms with Crippen LogP contribution in [-0.2, 0) is 0 Å². The van der Waals surface area contributed by atoms with Gasteiger partial charge in [-0.3, -0.25) is 9.59 Å². The van der Waals surface area contributed by atoms with Crippen molar-refractivity contribution in [2.45, 2.75) is 0 Å². The number of amides is 2. The minimum absolute atomic E-state index is 0.190. The Hall–Kier alpha value is -3.32. The maximum absolute atomic E-state index is 12.6. The number of benzene rings is 2. The Bertz CT molecular complexity index is 954. The molecule has 3 rings (SSSR count). The van der Waals surface area contributed by atoms with Gasteiger partial charge >= 0.3 is 0 Å². The molecule has 7 heteroatoms. The van der Waals surface area contributed by atoms with Crippen molar-refractivity contribution in [3.05, 3.63) is 70.4 Å². The number of ether oxygens (including phenoxy) is 2. The highest BCUT2D eigenvalue weighted by Gasteiger charge is 2.14. The third-order valence-electron chi connectivity index (χ3n) is 3.78. The van der Waals surface area contributed by atoms with Crippen LogP contribution in [0.1, 0.15) is 20.0 Å². The van der Waals surface area contributed by atoms with Gasteiger partial charge in [0.1, 0.15) is 11.5 Å². The summed E-state index contributed by atoms with van der Waals surface area (Å²) in [7, 11) is 3.04. The Morgan fingerprint density at radius 2 is 1.59 bits per heavy atom. The van der Waals surface area contributed by atoms with E-state index in [4.69, 9.17) is 9.47 Å². The summed E-state index contributed by atoms with van der Waals surface area (Å²) in [5.74, 6) is 0.497. The summed E-state index contributed by atoms with van der Waals surface area (Å²) in [6, 6.07) is 15.5. The lowest BCUT2D eigenvalue weighted by Gasteiger charge is -2.12. The third-order valence-corrected chi connectivity index (χ3v) is 4.65. The van der Waals surface area contributed by atoms with E-state index in [9.17, 15) is 9.59 Å². The molecule has 0 aliphatic rings. The minimum Gasteiger partial charge on any atom is -0.497 e. The number of rotatable bonds is 6. The first-order valence-electron chi connectivity index (χ1n) is 8.09. The van der Waals surface area contributed by atoms with Crippen LogP contribution in [0, 0.1) is 0 Å². The molecule has 138 valence electrons. The van der Waals surface area contributed by atoms with Crippen LogP contribution in [0.15, 0.2) is 60.0 Å².